The SMILES string of the molecule is COCCn1c(=S)[nH]c2cc(C(=O)N3CCN(c4ccccc4)CC3)ccc2c1=O. The van der Waals surface area contributed by atoms with Crippen LogP contribution in [0.15, 0.2) is 53.3 Å². The lowest BCUT2D eigenvalue weighted by Gasteiger charge is -2.36. The highest BCUT2D eigenvalue weighted by molar-refractivity contribution is 7.71. The highest BCUT2D eigenvalue weighted by Crippen LogP contribution is 2.18. The number of carbonyl (C=O) groups excluding carboxylic acids is 1. The Kier molecular flexibility index (Phi) is 5.96. The van der Waals surface area contributed by atoms with Gasteiger partial charge in [0.2, 0.25) is 0 Å². The molecule has 1 N–H and O–H groups in total. The zero-order valence-corrected chi connectivity index (χ0v) is 17.7. The van der Waals surface area contributed by atoms with E-state index in [0.717, 1.165) is 13.1 Å². The Bertz CT molecular complexity index is 1160. The molecule has 0 saturated carbocycles. The first-order valence-electron chi connectivity index (χ1n) is 9.93. The first kappa shape index (κ1) is 20.3. The van der Waals surface area contributed by atoms with Gasteiger partial charge in [-0.2, -0.15) is 0 Å². The van der Waals surface area contributed by atoms with Gasteiger partial charge in [-0.05, 0) is 42.5 Å². The second-order valence-electron chi connectivity index (χ2n) is 7.25. The summed E-state index contributed by atoms with van der Waals surface area (Å²) in [5.41, 5.74) is 2.12. The number of hydrogen-bond donors (Lipinski definition) is 1. The first-order chi connectivity index (χ1) is 14.6. The van der Waals surface area contributed by atoms with E-state index in [1.54, 1.807) is 25.3 Å². The van der Waals surface area contributed by atoms with Crippen molar-refractivity contribution >= 4 is 34.7 Å². The van der Waals surface area contributed by atoms with Crippen molar-refractivity contribution in [3.05, 3.63) is 69.2 Å². The summed E-state index contributed by atoms with van der Waals surface area (Å²) in [5, 5.41) is 0.505. The van der Waals surface area contributed by atoms with Crippen LogP contribution < -0.4 is 10.5 Å². The molecule has 0 spiro atoms. The minimum Gasteiger partial charge on any atom is -0.383 e. The molecule has 1 fully saturated rings. The molecule has 1 amide bonds. The molecule has 0 unspecified atom stereocenters. The Morgan fingerprint density at radius 3 is 2.53 bits per heavy atom. The predicted molar refractivity (Wildman–Crippen MR) is 120 cm³/mol. The summed E-state index contributed by atoms with van der Waals surface area (Å²) >= 11 is 5.32. The molecular weight excluding hydrogens is 400 g/mol. The number of fused-ring (bicyclic) bond motifs is 1. The van der Waals surface area contributed by atoms with Crippen molar-refractivity contribution in [2.24, 2.45) is 0 Å². The number of carbonyl (C=O) groups is 1. The molecule has 2 heterocycles. The van der Waals surface area contributed by atoms with E-state index < -0.39 is 0 Å². The van der Waals surface area contributed by atoms with Gasteiger partial charge in [0.15, 0.2) is 4.77 Å². The molecular formula is C22H24N4O3S. The van der Waals surface area contributed by atoms with Crippen LogP contribution in [0.3, 0.4) is 0 Å². The standard InChI is InChI=1S/C22H24N4O3S/c1-29-14-13-26-21(28)18-8-7-16(15-19(18)23-22(26)30)20(27)25-11-9-24(10-12-25)17-5-3-2-4-6-17/h2-8,15H,9-14H2,1H3,(H,23,30). The fraction of sp³-hybridized carbons (Fsp3) is 0.318. The topological polar surface area (TPSA) is 70.6 Å². The van der Waals surface area contributed by atoms with Crippen LogP contribution in [0.1, 0.15) is 10.4 Å². The lowest BCUT2D eigenvalue weighted by atomic mass is 10.1. The van der Waals surface area contributed by atoms with Gasteiger partial charge in [0.1, 0.15) is 0 Å². The van der Waals surface area contributed by atoms with Crippen molar-refractivity contribution in [2.45, 2.75) is 6.54 Å². The van der Waals surface area contributed by atoms with Crippen LogP contribution in [0.5, 0.6) is 0 Å². The molecule has 0 bridgehead atoms. The Balaban J connectivity index is 1.53. The molecule has 2 aromatic carbocycles. The number of benzene rings is 2. The zero-order chi connectivity index (χ0) is 21.1. The lowest BCUT2D eigenvalue weighted by molar-refractivity contribution is 0.0747. The summed E-state index contributed by atoms with van der Waals surface area (Å²) in [7, 11) is 1.58. The van der Waals surface area contributed by atoms with Gasteiger partial charge in [0, 0.05) is 44.5 Å². The van der Waals surface area contributed by atoms with Gasteiger partial charge in [-0.3, -0.25) is 14.2 Å². The third kappa shape index (κ3) is 4.01. The number of piperazine rings is 1. The van der Waals surface area contributed by atoms with Crippen LogP contribution in [-0.2, 0) is 11.3 Å². The molecule has 0 atom stereocenters. The molecule has 1 saturated heterocycles. The number of para-hydroxylation sites is 1. The van der Waals surface area contributed by atoms with Gasteiger partial charge < -0.3 is 19.5 Å². The van der Waals surface area contributed by atoms with Crippen LogP contribution in [-0.4, -0.2) is 60.3 Å². The van der Waals surface area contributed by atoms with Crippen LogP contribution in [0.25, 0.3) is 10.9 Å². The number of nitrogens with zero attached hydrogens (tertiary/aromatic N) is 3. The van der Waals surface area contributed by atoms with E-state index in [-0.39, 0.29) is 11.5 Å². The Hall–Kier alpha value is -2.97. The molecule has 30 heavy (non-hydrogen) atoms. The van der Waals surface area contributed by atoms with Gasteiger partial charge in [-0.15, -0.1) is 0 Å². The monoisotopic (exact) mass is 424 g/mol. The van der Waals surface area contributed by atoms with E-state index in [1.165, 1.54) is 10.3 Å². The van der Waals surface area contributed by atoms with Crippen molar-refractivity contribution in [1.29, 1.82) is 0 Å². The fourth-order valence-corrected chi connectivity index (χ4v) is 4.05. The second kappa shape index (κ2) is 8.81. The molecule has 1 aliphatic rings. The van der Waals surface area contributed by atoms with Gasteiger partial charge in [-0.25, -0.2) is 0 Å². The van der Waals surface area contributed by atoms with Crippen molar-refractivity contribution in [2.75, 3.05) is 44.8 Å². The average Bonchev–Trinajstić information content (AvgIpc) is 2.79. The van der Waals surface area contributed by atoms with E-state index in [2.05, 4.69) is 22.0 Å². The highest BCUT2D eigenvalue weighted by Gasteiger charge is 2.22. The number of anilines is 1. The Morgan fingerprint density at radius 1 is 1.10 bits per heavy atom. The largest absolute Gasteiger partial charge is 0.383 e. The minimum atomic E-state index is -0.179. The van der Waals surface area contributed by atoms with E-state index in [1.807, 2.05) is 23.1 Å². The summed E-state index contributed by atoms with van der Waals surface area (Å²) in [6.07, 6.45) is 0. The number of ether oxygens (including phenoxy) is 1. The number of aromatic nitrogens is 2. The number of nitrogens with one attached hydrogen (secondary N) is 1. The van der Waals surface area contributed by atoms with Crippen LogP contribution >= 0.6 is 12.2 Å². The highest BCUT2D eigenvalue weighted by atomic mass is 32.1. The predicted octanol–water partition coefficient (Wildman–Crippen LogP) is 2.67. The third-order valence-corrected chi connectivity index (χ3v) is 5.76. The molecule has 1 aliphatic heterocycles. The van der Waals surface area contributed by atoms with E-state index >= 15 is 0 Å². The van der Waals surface area contributed by atoms with Gasteiger partial charge in [0.05, 0.1) is 24.1 Å². The zero-order valence-electron chi connectivity index (χ0n) is 16.8. The van der Waals surface area contributed by atoms with Crippen molar-refractivity contribution in [1.82, 2.24) is 14.5 Å². The van der Waals surface area contributed by atoms with Crippen molar-refractivity contribution in [3.63, 3.8) is 0 Å². The molecule has 156 valence electrons. The minimum absolute atomic E-state index is 0.0347. The molecule has 4 rings (SSSR count). The summed E-state index contributed by atoms with van der Waals surface area (Å²) in [6, 6.07) is 15.3. The first-order valence-corrected chi connectivity index (χ1v) is 10.3. The van der Waals surface area contributed by atoms with Crippen LogP contribution in [0, 0.1) is 4.77 Å². The molecule has 0 aliphatic carbocycles. The van der Waals surface area contributed by atoms with Gasteiger partial charge >= 0.3 is 0 Å². The summed E-state index contributed by atoms with van der Waals surface area (Å²) in [4.78, 5) is 33.0. The van der Waals surface area contributed by atoms with Crippen LogP contribution in [0.4, 0.5) is 5.69 Å². The number of H-pyrrole nitrogens is 1. The smallest absolute Gasteiger partial charge is 0.262 e. The van der Waals surface area contributed by atoms with E-state index in [0.29, 0.717) is 47.5 Å². The van der Waals surface area contributed by atoms with E-state index in [9.17, 15) is 9.59 Å². The van der Waals surface area contributed by atoms with Crippen LogP contribution in [0.2, 0.25) is 0 Å². The normalized spacial score (nSPS) is 14.3. The average molecular weight is 425 g/mol. The number of aromatic amines is 1. The number of hydrogen-bond acceptors (Lipinski definition) is 5. The van der Waals surface area contributed by atoms with Crippen molar-refractivity contribution in [3.8, 4) is 0 Å². The summed E-state index contributed by atoms with van der Waals surface area (Å²) in [5.74, 6) is -0.0347. The number of amides is 1. The summed E-state index contributed by atoms with van der Waals surface area (Å²) in [6.45, 7) is 3.66. The fourth-order valence-electron chi connectivity index (χ4n) is 3.76. The molecule has 7 nitrogen and oxygen atoms in total. The maximum absolute atomic E-state index is 13.0. The van der Waals surface area contributed by atoms with E-state index in [4.69, 9.17) is 17.0 Å². The maximum Gasteiger partial charge on any atom is 0.262 e. The quantitative estimate of drug-likeness (QED) is 0.638. The molecule has 0 radical (unpaired) electrons. The molecule has 8 heteroatoms. The number of methoxy groups -OCH3 is 1. The van der Waals surface area contributed by atoms with Gasteiger partial charge in [-0.1, -0.05) is 18.2 Å². The lowest BCUT2D eigenvalue weighted by Crippen LogP contribution is -2.48. The second-order valence-corrected chi connectivity index (χ2v) is 7.64. The van der Waals surface area contributed by atoms with Gasteiger partial charge in [0.25, 0.3) is 11.5 Å². The maximum atomic E-state index is 13.0. The number of rotatable bonds is 5. The Morgan fingerprint density at radius 2 is 1.83 bits per heavy atom. The third-order valence-electron chi connectivity index (χ3n) is 5.44. The molecule has 1 aromatic heterocycles. The van der Waals surface area contributed by atoms with Crippen molar-refractivity contribution < 1.29 is 9.53 Å². The molecule has 3 aromatic rings. The Labute approximate surface area is 179 Å². The summed E-state index contributed by atoms with van der Waals surface area (Å²) < 4.78 is 6.85.